The summed E-state index contributed by atoms with van der Waals surface area (Å²) in [5.41, 5.74) is 5.68. The number of anilines is 1. The van der Waals surface area contributed by atoms with E-state index in [1.54, 1.807) is 0 Å². The summed E-state index contributed by atoms with van der Waals surface area (Å²) in [6.45, 7) is 2.48. The topological polar surface area (TPSA) is 107 Å². The molecule has 1 aromatic rings. The number of hydrogen-bond acceptors (Lipinski definition) is 5. The van der Waals surface area contributed by atoms with Crippen LogP contribution in [0.1, 0.15) is 19.8 Å². The summed E-state index contributed by atoms with van der Waals surface area (Å²) in [6, 6.07) is 4.06. The lowest BCUT2D eigenvalue weighted by atomic mass is 10.1. The van der Waals surface area contributed by atoms with Crippen LogP contribution in [0, 0.1) is 16.0 Å². The number of nitrogens with two attached hydrogens (primary N) is 1. The van der Waals surface area contributed by atoms with Crippen LogP contribution in [0.2, 0.25) is 0 Å². The third-order valence-electron chi connectivity index (χ3n) is 2.93. The number of nitro benzene ring substituents is 1. The van der Waals surface area contributed by atoms with Gasteiger partial charge in [-0.25, -0.2) is 0 Å². The van der Waals surface area contributed by atoms with Crippen LogP contribution in [-0.4, -0.2) is 24.5 Å². The molecule has 1 amide bonds. The van der Waals surface area contributed by atoms with E-state index in [0.29, 0.717) is 30.8 Å². The summed E-state index contributed by atoms with van der Waals surface area (Å²) >= 11 is 0. The Morgan fingerprint density at radius 3 is 2.80 bits per heavy atom. The maximum absolute atomic E-state index is 11.8. The Hall–Kier alpha value is -2.15. The van der Waals surface area contributed by atoms with Crippen molar-refractivity contribution in [1.29, 1.82) is 0 Å². The van der Waals surface area contributed by atoms with Crippen LogP contribution in [0.4, 0.5) is 11.4 Å². The molecule has 1 aromatic carbocycles. The third kappa shape index (κ3) is 4.51. The van der Waals surface area contributed by atoms with Crippen molar-refractivity contribution in [2.45, 2.75) is 19.8 Å². The highest BCUT2D eigenvalue weighted by Crippen LogP contribution is 2.29. The number of non-ortho nitro benzene ring substituents is 1. The quantitative estimate of drug-likeness (QED) is 0.586. The van der Waals surface area contributed by atoms with Crippen LogP contribution in [0.5, 0.6) is 5.75 Å². The molecule has 1 rings (SSSR count). The molecule has 1 unspecified atom stereocenters. The van der Waals surface area contributed by atoms with E-state index in [9.17, 15) is 14.9 Å². The fourth-order valence-electron chi connectivity index (χ4n) is 1.62. The first-order valence-corrected chi connectivity index (χ1v) is 6.30. The van der Waals surface area contributed by atoms with Crippen molar-refractivity contribution in [1.82, 2.24) is 0 Å². The van der Waals surface area contributed by atoms with Gasteiger partial charge in [0, 0.05) is 18.6 Å². The van der Waals surface area contributed by atoms with Gasteiger partial charge in [0.25, 0.3) is 5.69 Å². The van der Waals surface area contributed by atoms with Crippen LogP contribution in [0.25, 0.3) is 0 Å². The van der Waals surface area contributed by atoms with Crippen molar-refractivity contribution >= 4 is 17.3 Å². The highest BCUT2D eigenvalue weighted by Gasteiger charge is 2.14. The van der Waals surface area contributed by atoms with Gasteiger partial charge in [-0.2, -0.15) is 0 Å². The number of rotatable bonds is 7. The van der Waals surface area contributed by atoms with Gasteiger partial charge in [0.15, 0.2) is 0 Å². The molecule has 7 heteroatoms. The Morgan fingerprint density at radius 2 is 2.25 bits per heavy atom. The predicted octanol–water partition coefficient (Wildman–Crippen LogP) is 1.92. The minimum absolute atomic E-state index is 0.101. The first kappa shape index (κ1) is 15.9. The number of carbonyl (C=O) groups excluding carboxylic acids is 1. The minimum atomic E-state index is -0.522. The van der Waals surface area contributed by atoms with Gasteiger partial charge in [-0.3, -0.25) is 14.9 Å². The van der Waals surface area contributed by atoms with E-state index in [4.69, 9.17) is 10.5 Å². The van der Waals surface area contributed by atoms with Gasteiger partial charge in [-0.1, -0.05) is 6.92 Å². The van der Waals surface area contributed by atoms with Gasteiger partial charge >= 0.3 is 0 Å². The SMILES string of the molecule is COc1ccc([N+](=O)[O-])cc1NC(=O)CCC(C)CN. The van der Waals surface area contributed by atoms with Crippen LogP contribution >= 0.6 is 0 Å². The molecule has 3 N–H and O–H groups in total. The Kier molecular flexibility index (Phi) is 5.92. The average Bonchev–Trinajstić information content (AvgIpc) is 2.44. The van der Waals surface area contributed by atoms with E-state index < -0.39 is 4.92 Å². The molecule has 20 heavy (non-hydrogen) atoms. The first-order chi connectivity index (χ1) is 9.47. The zero-order valence-corrected chi connectivity index (χ0v) is 11.6. The Bertz CT molecular complexity index is 491. The van der Waals surface area contributed by atoms with Crippen LogP contribution in [0.15, 0.2) is 18.2 Å². The molecule has 0 saturated carbocycles. The Morgan fingerprint density at radius 1 is 1.55 bits per heavy atom. The highest BCUT2D eigenvalue weighted by atomic mass is 16.6. The van der Waals surface area contributed by atoms with Crippen molar-refractivity contribution in [3.8, 4) is 5.75 Å². The number of nitrogens with zero attached hydrogens (tertiary/aromatic N) is 1. The van der Waals surface area contributed by atoms with Crippen molar-refractivity contribution in [3.05, 3.63) is 28.3 Å². The number of carbonyl (C=O) groups is 1. The summed E-state index contributed by atoms with van der Waals surface area (Å²) < 4.78 is 5.07. The fraction of sp³-hybridized carbons (Fsp3) is 0.462. The molecule has 1 atom stereocenters. The molecule has 7 nitrogen and oxygen atoms in total. The van der Waals surface area contributed by atoms with Crippen molar-refractivity contribution in [2.24, 2.45) is 11.7 Å². The second-order valence-electron chi connectivity index (χ2n) is 4.57. The summed E-state index contributed by atoms with van der Waals surface area (Å²) in [7, 11) is 1.44. The number of nitrogens with one attached hydrogen (secondary N) is 1. The van der Waals surface area contributed by atoms with Crippen LogP contribution in [0.3, 0.4) is 0 Å². The molecule has 0 radical (unpaired) electrons. The Balaban J connectivity index is 2.76. The second kappa shape index (κ2) is 7.44. The molecule has 0 aliphatic carbocycles. The van der Waals surface area contributed by atoms with E-state index in [-0.39, 0.29) is 17.5 Å². The number of amides is 1. The summed E-state index contributed by atoms with van der Waals surface area (Å²) in [5.74, 6) is 0.424. The molecule has 0 spiro atoms. The summed E-state index contributed by atoms with van der Waals surface area (Å²) in [5, 5.41) is 13.4. The number of ether oxygens (including phenoxy) is 1. The molecular weight excluding hydrogens is 262 g/mol. The van der Waals surface area contributed by atoms with Crippen molar-refractivity contribution in [3.63, 3.8) is 0 Å². The standard InChI is InChI=1S/C13H19N3O4/c1-9(8-14)3-6-13(17)15-11-7-10(16(18)19)4-5-12(11)20-2/h4-5,7,9H,3,6,8,14H2,1-2H3,(H,15,17). The third-order valence-corrected chi connectivity index (χ3v) is 2.93. The monoisotopic (exact) mass is 281 g/mol. The first-order valence-electron chi connectivity index (χ1n) is 6.30. The number of methoxy groups -OCH3 is 1. The lowest BCUT2D eigenvalue weighted by molar-refractivity contribution is -0.384. The van der Waals surface area contributed by atoms with Gasteiger partial charge in [0.2, 0.25) is 5.91 Å². The van der Waals surface area contributed by atoms with Crippen molar-refractivity contribution in [2.75, 3.05) is 19.0 Å². The maximum atomic E-state index is 11.8. The average molecular weight is 281 g/mol. The van der Waals surface area contributed by atoms with Gasteiger partial charge in [0.1, 0.15) is 5.75 Å². The molecule has 0 aliphatic rings. The molecule has 0 bridgehead atoms. The van der Waals surface area contributed by atoms with E-state index in [0.717, 1.165) is 0 Å². The predicted molar refractivity (Wildman–Crippen MR) is 75.7 cm³/mol. The van der Waals surface area contributed by atoms with E-state index in [1.807, 2.05) is 6.92 Å². The zero-order chi connectivity index (χ0) is 15.1. The Labute approximate surface area is 117 Å². The minimum Gasteiger partial charge on any atom is -0.495 e. The fourth-order valence-corrected chi connectivity index (χ4v) is 1.62. The molecule has 110 valence electrons. The summed E-state index contributed by atoms with van der Waals surface area (Å²) in [6.07, 6.45) is 0.976. The largest absolute Gasteiger partial charge is 0.495 e. The normalized spacial score (nSPS) is 11.8. The van der Waals surface area contributed by atoms with E-state index >= 15 is 0 Å². The number of hydrogen-bond donors (Lipinski definition) is 2. The van der Waals surface area contributed by atoms with Gasteiger partial charge in [-0.05, 0) is 24.9 Å². The molecule has 0 heterocycles. The van der Waals surface area contributed by atoms with E-state index in [1.165, 1.54) is 25.3 Å². The molecule has 0 saturated heterocycles. The molecule has 0 fully saturated rings. The van der Waals surface area contributed by atoms with Gasteiger partial charge in [0.05, 0.1) is 17.7 Å². The van der Waals surface area contributed by atoms with Gasteiger partial charge in [-0.15, -0.1) is 0 Å². The second-order valence-corrected chi connectivity index (χ2v) is 4.57. The van der Waals surface area contributed by atoms with Crippen LogP contribution < -0.4 is 15.8 Å². The van der Waals surface area contributed by atoms with Gasteiger partial charge < -0.3 is 15.8 Å². The lowest BCUT2D eigenvalue weighted by Crippen LogP contribution is -2.16. The zero-order valence-electron chi connectivity index (χ0n) is 11.6. The number of nitro groups is 1. The van der Waals surface area contributed by atoms with Crippen LogP contribution in [-0.2, 0) is 4.79 Å². The van der Waals surface area contributed by atoms with Crippen molar-refractivity contribution < 1.29 is 14.5 Å². The molecule has 0 aromatic heterocycles. The smallest absolute Gasteiger partial charge is 0.271 e. The lowest BCUT2D eigenvalue weighted by Gasteiger charge is -2.11. The maximum Gasteiger partial charge on any atom is 0.271 e. The number of benzene rings is 1. The highest BCUT2D eigenvalue weighted by molar-refractivity contribution is 5.92. The molecule has 0 aliphatic heterocycles. The summed E-state index contributed by atoms with van der Waals surface area (Å²) in [4.78, 5) is 22.0. The van der Waals surface area contributed by atoms with E-state index in [2.05, 4.69) is 5.32 Å². The molecular formula is C13H19N3O4.